The van der Waals surface area contributed by atoms with Gasteiger partial charge in [-0.25, -0.2) is 0 Å². The number of hydrogen-bond donors (Lipinski definition) is 0. The highest BCUT2D eigenvalue weighted by Crippen LogP contribution is 2.35. The van der Waals surface area contributed by atoms with E-state index < -0.39 is 10.0 Å². The number of hydrogen-bond acceptors (Lipinski definition) is 6. The Balaban J connectivity index is 2.27. The van der Waals surface area contributed by atoms with Crippen LogP contribution in [0.4, 0.5) is 0 Å². The van der Waals surface area contributed by atoms with E-state index in [1.54, 1.807) is 49.1 Å². The normalized spacial score (nSPS) is 12.5. The molecule has 0 amide bonds. The first kappa shape index (κ1) is 20.4. The van der Waals surface area contributed by atoms with E-state index in [2.05, 4.69) is 4.40 Å². The molecule has 0 atom stereocenters. The highest BCUT2D eigenvalue weighted by Gasteiger charge is 2.18. The van der Waals surface area contributed by atoms with Crippen molar-refractivity contribution in [2.75, 3.05) is 27.4 Å². The van der Waals surface area contributed by atoms with E-state index >= 15 is 0 Å². The van der Waals surface area contributed by atoms with Crippen LogP contribution in [0, 0.1) is 0 Å². The van der Waals surface area contributed by atoms with Gasteiger partial charge in [0.05, 0.1) is 25.7 Å². The lowest BCUT2D eigenvalue weighted by Gasteiger charge is -2.10. The number of benzene rings is 2. The van der Waals surface area contributed by atoms with Gasteiger partial charge in [-0.05, 0) is 31.2 Å². The number of thiazole rings is 1. The minimum absolute atomic E-state index is 0.141. The molecule has 28 heavy (non-hydrogen) atoms. The molecular weight excluding hydrogens is 400 g/mol. The molecule has 0 spiro atoms. The molecule has 1 heterocycles. The van der Waals surface area contributed by atoms with Gasteiger partial charge >= 0.3 is 0 Å². The molecule has 0 N–H and O–H groups in total. The summed E-state index contributed by atoms with van der Waals surface area (Å²) < 4.78 is 48.7. The first-order valence-electron chi connectivity index (χ1n) is 8.70. The predicted octanol–water partition coefficient (Wildman–Crippen LogP) is 3.05. The highest BCUT2D eigenvalue weighted by molar-refractivity contribution is 7.90. The molecule has 7 nitrogen and oxygen atoms in total. The van der Waals surface area contributed by atoms with E-state index in [1.165, 1.54) is 23.5 Å². The van der Waals surface area contributed by atoms with E-state index in [1.807, 2.05) is 6.92 Å². The molecule has 0 aliphatic carbocycles. The average Bonchev–Trinajstić information content (AvgIpc) is 3.05. The van der Waals surface area contributed by atoms with Crippen LogP contribution >= 0.6 is 11.3 Å². The van der Waals surface area contributed by atoms with Gasteiger partial charge < -0.3 is 18.8 Å². The summed E-state index contributed by atoms with van der Waals surface area (Å²) in [7, 11) is -0.716. The van der Waals surface area contributed by atoms with Gasteiger partial charge in [-0.15, -0.1) is 4.40 Å². The second-order valence-electron chi connectivity index (χ2n) is 5.76. The molecule has 0 aliphatic rings. The zero-order valence-electron chi connectivity index (χ0n) is 15.9. The average molecular weight is 423 g/mol. The van der Waals surface area contributed by atoms with E-state index in [-0.39, 0.29) is 4.90 Å². The summed E-state index contributed by atoms with van der Waals surface area (Å²) in [4.78, 5) is 0.476. The number of aromatic nitrogens is 1. The van der Waals surface area contributed by atoms with Crippen molar-refractivity contribution >= 4 is 31.6 Å². The second-order valence-corrected chi connectivity index (χ2v) is 8.34. The van der Waals surface area contributed by atoms with Crippen molar-refractivity contribution in [1.82, 2.24) is 4.57 Å². The van der Waals surface area contributed by atoms with Crippen LogP contribution in [0.3, 0.4) is 0 Å². The monoisotopic (exact) mass is 422 g/mol. The number of sulfonamides is 1. The van der Waals surface area contributed by atoms with Crippen LogP contribution in [0.15, 0.2) is 51.8 Å². The minimum atomic E-state index is -3.86. The quantitative estimate of drug-likeness (QED) is 0.522. The zero-order valence-corrected chi connectivity index (χ0v) is 17.5. The van der Waals surface area contributed by atoms with Gasteiger partial charge in [0, 0.05) is 13.2 Å². The minimum Gasteiger partial charge on any atom is -0.495 e. The Labute approximate surface area is 167 Å². The van der Waals surface area contributed by atoms with Crippen molar-refractivity contribution in [1.29, 1.82) is 0 Å². The molecule has 0 unspecified atom stereocenters. The Bertz CT molecular complexity index is 1120. The van der Waals surface area contributed by atoms with E-state index in [4.69, 9.17) is 14.2 Å². The van der Waals surface area contributed by atoms with Crippen LogP contribution < -0.4 is 14.3 Å². The number of ether oxygens (including phenoxy) is 3. The maximum absolute atomic E-state index is 12.8. The van der Waals surface area contributed by atoms with Gasteiger partial charge in [-0.2, -0.15) is 8.42 Å². The lowest BCUT2D eigenvalue weighted by molar-refractivity contribution is 0.139. The molecule has 3 aromatic rings. The van der Waals surface area contributed by atoms with Crippen molar-refractivity contribution in [2.24, 2.45) is 4.40 Å². The molecule has 0 radical (unpaired) electrons. The summed E-state index contributed by atoms with van der Waals surface area (Å²) in [6.07, 6.45) is 0. The number of fused-ring (bicyclic) bond motifs is 1. The Morgan fingerprint density at radius 2 is 1.71 bits per heavy atom. The van der Waals surface area contributed by atoms with Crippen LogP contribution in [0.25, 0.3) is 10.2 Å². The van der Waals surface area contributed by atoms with Gasteiger partial charge in [0.1, 0.15) is 21.7 Å². The van der Waals surface area contributed by atoms with Crippen molar-refractivity contribution in [3.63, 3.8) is 0 Å². The molecule has 0 bridgehead atoms. The molecule has 1 aromatic heterocycles. The lowest BCUT2D eigenvalue weighted by Crippen LogP contribution is -2.20. The second kappa shape index (κ2) is 8.76. The molecule has 2 aromatic carbocycles. The lowest BCUT2D eigenvalue weighted by atomic mass is 10.3. The molecule has 0 saturated heterocycles. The number of nitrogens with zero attached hydrogens (tertiary/aromatic N) is 2. The first-order chi connectivity index (χ1) is 13.5. The third-order valence-electron chi connectivity index (χ3n) is 4.10. The molecule has 9 heteroatoms. The smallest absolute Gasteiger partial charge is 0.285 e. The van der Waals surface area contributed by atoms with Gasteiger partial charge in [0.2, 0.25) is 4.80 Å². The Morgan fingerprint density at radius 1 is 1.04 bits per heavy atom. The Hall–Kier alpha value is -2.36. The summed E-state index contributed by atoms with van der Waals surface area (Å²) in [5, 5.41) is 0. The Kier molecular flexibility index (Phi) is 6.38. The zero-order chi connectivity index (χ0) is 20.1. The van der Waals surface area contributed by atoms with Crippen LogP contribution in [0.5, 0.6) is 11.5 Å². The molecule has 150 valence electrons. The first-order valence-corrected chi connectivity index (χ1v) is 11.0. The van der Waals surface area contributed by atoms with Gasteiger partial charge in [0.15, 0.2) is 0 Å². The fourth-order valence-electron chi connectivity index (χ4n) is 2.78. The number of rotatable bonds is 8. The summed E-state index contributed by atoms with van der Waals surface area (Å²) in [5.74, 6) is 1.24. The largest absolute Gasteiger partial charge is 0.495 e. The van der Waals surface area contributed by atoms with E-state index in [9.17, 15) is 8.42 Å². The summed E-state index contributed by atoms with van der Waals surface area (Å²) in [5.41, 5.74) is 0.730. The fraction of sp³-hybridized carbons (Fsp3) is 0.316. The predicted molar refractivity (Wildman–Crippen MR) is 109 cm³/mol. The van der Waals surface area contributed by atoms with Crippen molar-refractivity contribution in [2.45, 2.75) is 18.4 Å². The fourth-order valence-corrected chi connectivity index (χ4v) is 5.17. The van der Waals surface area contributed by atoms with E-state index in [0.717, 1.165) is 10.2 Å². The summed E-state index contributed by atoms with van der Waals surface area (Å²) >= 11 is 1.24. The SMILES string of the molecule is CCOCCn1c(=NS(=O)(=O)c2ccccc2)sc2c(OC)ccc(OC)c21. The summed E-state index contributed by atoms with van der Waals surface area (Å²) in [6.45, 7) is 3.32. The summed E-state index contributed by atoms with van der Waals surface area (Å²) in [6, 6.07) is 11.7. The maximum atomic E-state index is 12.8. The van der Waals surface area contributed by atoms with Crippen LogP contribution in [0.1, 0.15) is 6.92 Å². The molecule has 0 aliphatic heterocycles. The maximum Gasteiger partial charge on any atom is 0.285 e. The number of methoxy groups -OCH3 is 2. The molecular formula is C19H22N2O5S2. The standard InChI is InChI=1S/C19H22N2O5S2/c1-4-26-13-12-21-17-15(24-2)10-11-16(25-3)18(17)27-19(21)20-28(22,23)14-8-6-5-7-9-14/h5-11H,4,12-13H2,1-3H3. The van der Waals surface area contributed by atoms with Crippen LogP contribution in [-0.2, 0) is 21.3 Å². The van der Waals surface area contributed by atoms with Gasteiger partial charge in [0.25, 0.3) is 10.0 Å². The van der Waals surface area contributed by atoms with E-state index in [0.29, 0.717) is 36.1 Å². The topological polar surface area (TPSA) is 79.1 Å². The highest BCUT2D eigenvalue weighted by atomic mass is 32.2. The van der Waals surface area contributed by atoms with Crippen LogP contribution in [-0.4, -0.2) is 40.4 Å². The Morgan fingerprint density at radius 3 is 2.36 bits per heavy atom. The molecule has 3 rings (SSSR count). The van der Waals surface area contributed by atoms with Crippen LogP contribution in [0.2, 0.25) is 0 Å². The third kappa shape index (κ3) is 4.06. The van der Waals surface area contributed by atoms with Crippen molar-refractivity contribution in [3.05, 3.63) is 47.3 Å². The van der Waals surface area contributed by atoms with Gasteiger partial charge in [-0.3, -0.25) is 0 Å². The third-order valence-corrected chi connectivity index (χ3v) is 6.58. The van der Waals surface area contributed by atoms with Crippen molar-refractivity contribution < 1.29 is 22.6 Å². The molecule has 0 fully saturated rings. The van der Waals surface area contributed by atoms with Crippen molar-refractivity contribution in [3.8, 4) is 11.5 Å². The molecule has 0 saturated carbocycles. The van der Waals surface area contributed by atoms with Gasteiger partial charge in [-0.1, -0.05) is 29.5 Å².